The Hall–Kier alpha value is 5.58. The first-order chi connectivity index (χ1) is 2.00. The van der Waals surface area contributed by atoms with Gasteiger partial charge < -0.3 is 0 Å². The van der Waals surface area contributed by atoms with Gasteiger partial charge in [0, 0.05) is 0 Å². The van der Waals surface area contributed by atoms with Gasteiger partial charge in [0.15, 0.2) is 0 Å². The minimum absolute atomic E-state index is 0. The van der Waals surface area contributed by atoms with Crippen molar-refractivity contribution in [1.82, 2.24) is 0 Å². The van der Waals surface area contributed by atoms with Crippen molar-refractivity contribution in [3.05, 3.63) is 0 Å². The molecule has 0 aliphatic carbocycles. The predicted octanol–water partition coefficient (Wildman–Crippen LogP) is -2.45. The van der Waals surface area contributed by atoms with E-state index in [0.717, 1.165) is 0 Å². The summed E-state index contributed by atoms with van der Waals surface area (Å²) < 4.78 is -0.820. The molecule has 0 radical (unpaired) electrons. The Balaban J connectivity index is -0.0000000800. The van der Waals surface area contributed by atoms with Crippen molar-refractivity contribution in [2.24, 2.45) is 0 Å². The predicted molar refractivity (Wildman–Crippen MR) is 56.1 cm³/mol. The summed E-state index contributed by atoms with van der Waals surface area (Å²) in [4.78, 5) is 0. The Morgan fingerprint density at radius 1 is 0.714 bits per heavy atom. The molecule has 7 heteroatoms. The van der Waals surface area contributed by atoms with E-state index in [1.54, 1.807) is 0 Å². The van der Waals surface area contributed by atoms with Gasteiger partial charge in [-0.2, -0.15) is 0 Å². The number of rotatable bonds is 0. The maximum atomic E-state index is 2.49. The van der Waals surface area contributed by atoms with Gasteiger partial charge >= 0.3 is 138 Å². The number of hydrogen-bond acceptors (Lipinski definition) is 0. The van der Waals surface area contributed by atoms with E-state index in [-0.39, 0.29) is 59.1 Å². The summed E-state index contributed by atoms with van der Waals surface area (Å²) in [6, 6.07) is 0. The van der Waals surface area contributed by atoms with Crippen molar-refractivity contribution in [3.63, 3.8) is 0 Å². The van der Waals surface area contributed by atoms with Crippen LogP contribution >= 0.6 is 78.1 Å². The molecule has 0 heterocycles. The fraction of sp³-hybridized carbons (Fsp3) is 0. The van der Waals surface area contributed by atoms with E-state index in [2.05, 4.69) is 78.1 Å². The van der Waals surface area contributed by atoms with E-state index in [9.17, 15) is 0 Å². The fourth-order valence-electron chi connectivity index (χ4n) is 0. The second kappa shape index (κ2) is 9.67. The number of hydrogen-bond donors (Lipinski definition) is 0. The molecule has 0 saturated heterocycles. The topological polar surface area (TPSA) is 0 Å². The van der Waals surface area contributed by atoms with Gasteiger partial charge in [-0.1, -0.05) is 0 Å². The Bertz CT molecular complexity index is 25.2. The van der Waals surface area contributed by atoms with Gasteiger partial charge in [-0.05, 0) is 0 Å². The molecular formula is I4Na2Pd. The van der Waals surface area contributed by atoms with Crippen molar-refractivity contribution in [2.75, 3.05) is 0 Å². The third kappa shape index (κ3) is 34.1. The van der Waals surface area contributed by atoms with E-state index in [0.29, 0.717) is 0 Å². The van der Waals surface area contributed by atoms with Crippen LogP contribution < -0.4 is 59.1 Å². The molecule has 0 nitrogen and oxygen atoms in total. The standard InChI is InChI=1S/4HI.2Na.Pd/h4*1H;;;/q;;;;2*+1;+2/p-4. The fourth-order valence-corrected chi connectivity index (χ4v) is 0. The first kappa shape index (κ1) is 18.4. The van der Waals surface area contributed by atoms with Gasteiger partial charge in [-0.15, -0.1) is 0 Å². The summed E-state index contributed by atoms with van der Waals surface area (Å²) in [7, 11) is 0. The summed E-state index contributed by atoms with van der Waals surface area (Å²) in [6.07, 6.45) is 0. The van der Waals surface area contributed by atoms with Gasteiger partial charge in [0.1, 0.15) is 0 Å². The van der Waals surface area contributed by atoms with E-state index in [4.69, 9.17) is 0 Å². The third-order valence-corrected chi connectivity index (χ3v) is 0. The summed E-state index contributed by atoms with van der Waals surface area (Å²) in [6.45, 7) is 0. The Morgan fingerprint density at radius 2 is 0.714 bits per heavy atom. The van der Waals surface area contributed by atoms with Crippen LogP contribution in [0.25, 0.3) is 0 Å². The Morgan fingerprint density at radius 3 is 0.714 bits per heavy atom. The Kier molecular flexibility index (Phi) is 25.4. The molecule has 0 aromatic rings. The molecule has 0 aliphatic heterocycles. The van der Waals surface area contributed by atoms with Gasteiger partial charge in [0.2, 0.25) is 0 Å². The molecule has 0 aromatic carbocycles. The van der Waals surface area contributed by atoms with Gasteiger partial charge in [0.25, 0.3) is 0 Å². The minimum atomic E-state index is -0.820. The molecular weight excluding hydrogens is 660 g/mol. The van der Waals surface area contributed by atoms with Crippen LogP contribution in [0.2, 0.25) is 0 Å². The van der Waals surface area contributed by atoms with Crippen molar-refractivity contribution < 1.29 is 60.2 Å². The van der Waals surface area contributed by atoms with E-state index >= 15 is 0 Å². The van der Waals surface area contributed by atoms with Crippen LogP contribution in [-0.2, 0) is 1.08 Å². The zero-order valence-electron chi connectivity index (χ0n) is 3.83. The summed E-state index contributed by atoms with van der Waals surface area (Å²) in [5, 5.41) is 0. The summed E-state index contributed by atoms with van der Waals surface area (Å²) in [5.74, 6) is 0. The molecule has 0 unspecified atom stereocenters. The average molecular weight is 660 g/mol. The number of halogens is 4. The second-order valence-corrected chi connectivity index (χ2v) is 72.2. The summed E-state index contributed by atoms with van der Waals surface area (Å²) in [5.41, 5.74) is 0. The SMILES string of the molecule is [I][Pd-2]([I])([I])[I].[Na+].[Na+]. The smallest absolute Gasteiger partial charge is 1.00 e. The molecule has 0 spiro atoms. The molecule has 40 valence electrons. The molecule has 0 aliphatic rings. The molecule has 7 heavy (non-hydrogen) atoms. The van der Waals surface area contributed by atoms with Crippen LogP contribution in [0.5, 0.6) is 0 Å². The van der Waals surface area contributed by atoms with Gasteiger partial charge in [-0.25, -0.2) is 0 Å². The van der Waals surface area contributed by atoms with Gasteiger partial charge in [-0.3, -0.25) is 0 Å². The summed E-state index contributed by atoms with van der Waals surface area (Å²) >= 11 is 9.95. The maximum Gasteiger partial charge on any atom is 1.00 e. The van der Waals surface area contributed by atoms with E-state index < -0.39 is 1.08 Å². The van der Waals surface area contributed by atoms with Crippen LogP contribution in [0.15, 0.2) is 0 Å². The first-order valence-corrected chi connectivity index (χ1v) is 19.0. The first-order valence-electron chi connectivity index (χ1n) is 0.478. The monoisotopic (exact) mass is 660 g/mol. The normalized spacial score (nSPS) is 10.9. The van der Waals surface area contributed by atoms with Crippen LogP contribution in [0.1, 0.15) is 0 Å². The molecule has 0 bridgehead atoms. The molecule has 0 amide bonds. The third-order valence-electron chi connectivity index (χ3n) is 0. The molecule has 0 aromatic heterocycles. The van der Waals surface area contributed by atoms with Crippen molar-refractivity contribution >= 4 is 78.1 Å². The Labute approximate surface area is 133 Å². The van der Waals surface area contributed by atoms with Crippen LogP contribution in [0.3, 0.4) is 0 Å². The molecule has 0 atom stereocenters. The van der Waals surface area contributed by atoms with Crippen LogP contribution in [0, 0.1) is 0 Å². The van der Waals surface area contributed by atoms with Crippen molar-refractivity contribution in [2.45, 2.75) is 0 Å². The van der Waals surface area contributed by atoms with Crippen molar-refractivity contribution in [1.29, 1.82) is 0 Å². The molecule has 0 N–H and O–H groups in total. The van der Waals surface area contributed by atoms with E-state index in [1.807, 2.05) is 0 Å². The van der Waals surface area contributed by atoms with Crippen LogP contribution in [-0.4, -0.2) is 0 Å². The molecule has 0 saturated carbocycles. The largest absolute Gasteiger partial charge is 1.00 e. The quantitative estimate of drug-likeness (QED) is 0.200. The molecule has 0 rings (SSSR count). The van der Waals surface area contributed by atoms with Crippen molar-refractivity contribution in [3.8, 4) is 0 Å². The molecule has 0 fully saturated rings. The zero-order valence-corrected chi connectivity index (χ0v) is 18.0. The average Bonchev–Trinajstić information content (AvgIpc) is 0.722. The van der Waals surface area contributed by atoms with Gasteiger partial charge in [0.05, 0.1) is 0 Å². The van der Waals surface area contributed by atoms with Crippen LogP contribution in [0.4, 0.5) is 0 Å². The second-order valence-electron chi connectivity index (χ2n) is 0.271. The maximum absolute atomic E-state index is 2.49. The minimum Gasteiger partial charge on any atom is 1.00 e. The van der Waals surface area contributed by atoms with E-state index in [1.165, 1.54) is 0 Å². The zero-order chi connectivity index (χ0) is 4.50.